The molecule has 2 N–H and O–H groups in total. The second kappa shape index (κ2) is 7.46. The Kier molecular flexibility index (Phi) is 5.56. The number of aromatic amines is 1. The molecule has 1 aromatic carbocycles. The zero-order chi connectivity index (χ0) is 18.6. The van der Waals surface area contributed by atoms with Crippen LogP contribution in [0.4, 0.5) is 0 Å². The summed E-state index contributed by atoms with van der Waals surface area (Å²) >= 11 is 0. The van der Waals surface area contributed by atoms with Gasteiger partial charge in [-0.3, -0.25) is 9.89 Å². The highest BCUT2D eigenvalue weighted by atomic mass is 16.5. The lowest BCUT2D eigenvalue weighted by molar-refractivity contribution is 0.0947. The Morgan fingerprint density at radius 3 is 2.16 bits per heavy atom. The number of methoxy groups -OCH3 is 3. The Bertz CT molecular complexity index is 747. The molecule has 0 bridgehead atoms. The van der Waals surface area contributed by atoms with Gasteiger partial charge in [-0.2, -0.15) is 5.10 Å². The monoisotopic (exact) mass is 347 g/mol. The summed E-state index contributed by atoms with van der Waals surface area (Å²) in [4.78, 5) is 12.5. The van der Waals surface area contributed by atoms with E-state index in [9.17, 15) is 4.79 Å². The summed E-state index contributed by atoms with van der Waals surface area (Å²) in [7, 11) is 4.55. The van der Waals surface area contributed by atoms with Crippen molar-refractivity contribution in [3.8, 4) is 17.2 Å². The van der Waals surface area contributed by atoms with Crippen LogP contribution >= 0.6 is 0 Å². The number of benzene rings is 1. The maximum Gasteiger partial charge on any atom is 0.255 e. The van der Waals surface area contributed by atoms with Crippen molar-refractivity contribution in [2.45, 2.75) is 32.7 Å². The van der Waals surface area contributed by atoms with Crippen LogP contribution in [0.5, 0.6) is 17.2 Å². The fourth-order valence-corrected chi connectivity index (χ4v) is 2.31. The van der Waals surface area contributed by atoms with E-state index in [4.69, 9.17) is 14.2 Å². The van der Waals surface area contributed by atoms with E-state index >= 15 is 0 Å². The van der Waals surface area contributed by atoms with Gasteiger partial charge < -0.3 is 19.5 Å². The van der Waals surface area contributed by atoms with E-state index in [1.807, 2.05) is 6.07 Å². The van der Waals surface area contributed by atoms with Crippen molar-refractivity contribution in [1.82, 2.24) is 15.5 Å². The summed E-state index contributed by atoms with van der Waals surface area (Å²) in [6.45, 7) is 6.58. The van der Waals surface area contributed by atoms with Gasteiger partial charge >= 0.3 is 0 Å². The molecule has 0 spiro atoms. The number of nitrogens with zero attached hydrogens (tertiary/aromatic N) is 1. The van der Waals surface area contributed by atoms with E-state index in [-0.39, 0.29) is 11.3 Å². The van der Waals surface area contributed by atoms with Crippen LogP contribution in [-0.4, -0.2) is 37.4 Å². The highest BCUT2D eigenvalue weighted by molar-refractivity contribution is 5.97. The Morgan fingerprint density at radius 2 is 1.64 bits per heavy atom. The lowest BCUT2D eigenvalue weighted by atomic mass is 9.92. The Labute approximate surface area is 147 Å². The molecule has 0 radical (unpaired) electrons. The Hall–Kier alpha value is -2.70. The predicted molar refractivity (Wildman–Crippen MR) is 94.6 cm³/mol. The molecule has 136 valence electrons. The van der Waals surface area contributed by atoms with Gasteiger partial charge in [-0.05, 0) is 6.07 Å². The zero-order valence-electron chi connectivity index (χ0n) is 15.5. The van der Waals surface area contributed by atoms with Gasteiger partial charge in [0.15, 0.2) is 11.5 Å². The average Bonchev–Trinajstić information content (AvgIpc) is 3.07. The summed E-state index contributed by atoms with van der Waals surface area (Å²) in [6, 6.07) is 5.17. The number of H-pyrrole nitrogens is 1. The molecule has 0 atom stereocenters. The van der Waals surface area contributed by atoms with Crippen LogP contribution < -0.4 is 19.5 Å². The molecule has 2 rings (SSSR count). The number of carbonyl (C=O) groups excluding carboxylic acids is 1. The van der Waals surface area contributed by atoms with Gasteiger partial charge in [0.25, 0.3) is 5.91 Å². The molecule has 1 heterocycles. The smallest absolute Gasteiger partial charge is 0.255 e. The maximum atomic E-state index is 12.5. The van der Waals surface area contributed by atoms with E-state index in [1.54, 1.807) is 12.1 Å². The first-order valence-electron chi connectivity index (χ1n) is 7.93. The van der Waals surface area contributed by atoms with Crippen LogP contribution in [0.3, 0.4) is 0 Å². The summed E-state index contributed by atoms with van der Waals surface area (Å²) in [6.07, 6.45) is 0. The molecule has 0 fully saturated rings. The Balaban J connectivity index is 2.16. The second-order valence-corrected chi connectivity index (χ2v) is 6.62. The van der Waals surface area contributed by atoms with E-state index in [0.29, 0.717) is 29.4 Å². The lowest BCUT2D eigenvalue weighted by Gasteiger charge is -2.14. The summed E-state index contributed by atoms with van der Waals surface area (Å²) in [5, 5.41) is 10.1. The fourth-order valence-electron chi connectivity index (χ4n) is 2.31. The molecule has 0 unspecified atom stereocenters. The quantitative estimate of drug-likeness (QED) is 0.839. The second-order valence-electron chi connectivity index (χ2n) is 6.62. The molecule has 0 aliphatic rings. The molecule has 0 saturated heterocycles. The van der Waals surface area contributed by atoms with Crippen molar-refractivity contribution in [2.24, 2.45) is 0 Å². The number of hydrogen-bond donors (Lipinski definition) is 2. The van der Waals surface area contributed by atoms with Crippen molar-refractivity contribution in [3.63, 3.8) is 0 Å². The Morgan fingerprint density at radius 1 is 1.04 bits per heavy atom. The summed E-state index contributed by atoms with van der Waals surface area (Å²) < 4.78 is 15.8. The van der Waals surface area contributed by atoms with Crippen LogP contribution in [0.1, 0.15) is 42.5 Å². The van der Waals surface area contributed by atoms with Gasteiger partial charge in [-0.1, -0.05) is 20.8 Å². The molecule has 0 aliphatic carbocycles. The third-order valence-electron chi connectivity index (χ3n) is 3.79. The van der Waals surface area contributed by atoms with Gasteiger partial charge in [-0.15, -0.1) is 0 Å². The average molecular weight is 347 g/mol. The van der Waals surface area contributed by atoms with Gasteiger partial charge in [0, 0.05) is 17.5 Å². The molecule has 2 aromatic rings. The standard InChI is InChI=1S/C18H25N3O4/c1-18(2,3)16-7-11(20-21-16)10-19-17(22)12-8-14(24-5)15(25-6)9-13(12)23-4/h7-9H,10H2,1-6H3,(H,19,22)(H,20,21). The van der Waals surface area contributed by atoms with Crippen molar-refractivity contribution in [3.05, 3.63) is 35.2 Å². The largest absolute Gasteiger partial charge is 0.496 e. The molecule has 0 saturated carbocycles. The third-order valence-corrected chi connectivity index (χ3v) is 3.79. The minimum absolute atomic E-state index is 0.0503. The van der Waals surface area contributed by atoms with Gasteiger partial charge in [0.1, 0.15) is 5.75 Å². The summed E-state index contributed by atoms with van der Waals surface area (Å²) in [5.74, 6) is 1.10. The van der Waals surface area contributed by atoms with E-state index in [0.717, 1.165) is 11.4 Å². The van der Waals surface area contributed by atoms with Crippen LogP contribution in [0.2, 0.25) is 0 Å². The molecule has 7 nitrogen and oxygen atoms in total. The highest BCUT2D eigenvalue weighted by Gasteiger charge is 2.19. The number of nitrogens with one attached hydrogen (secondary N) is 2. The van der Waals surface area contributed by atoms with Gasteiger partial charge in [-0.25, -0.2) is 0 Å². The first-order valence-corrected chi connectivity index (χ1v) is 7.93. The highest BCUT2D eigenvalue weighted by Crippen LogP contribution is 2.34. The van der Waals surface area contributed by atoms with E-state index in [2.05, 4.69) is 36.3 Å². The van der Waals surface area contributed by atoms with Crippen LogP contribution in [-0.2, 0) is 12.0 Å². The number of ether oxygens (including phenoxy) is 3. The number of rotatable bonds is 6. The number of hydrogen-bond acceptors (Lipinski definition) is 5. The fraction of sp³-hybridized carbons (Fsp3) is 0.444. The van der Waals surface area contributed by atoms with Crippen molar-refractivity contribution in [2.75, 3.05) is 21.3 Å². The van der Waals surface area contributed by atoms with Crippen molar-refractivity contribution in [1.29, 1.82) is 0 Å². The molecule has 25 heavy (non-hydrogen) atoms. The minimum Gasteiger partial charge on any atom is -0.496 e. The summed E-state index contributed by atoms with van der Waals surface area (Å²) in [5.41, 5.74) is 2.10. The van der Waals surface area contributed by atoms with E-state index in [1.165, 1.54) is 21.3 Å². The van der Waals surface area contributed by atoms with Gasteiger partial charge in [0.05, 0.1) is 44.8 Å². The maximum absolute atomic E-state index is 12.5. The predicted octanol–water partition coefficient (Wildman–Crippen LogP) is 2.66. The topological polar surface area (TPSA) is 85.5 Å². The number of aromatic nitrogens is 2. The lowest BCUT2D eigenvalue weighted by Crippen LogP contribution is -2.23. The number of amides is 1. The van der Waals surface area contributed by atoms with E-state index < -0.39 is 0 Å². The third kappa shape index (κ3) is 4.23. The molecular formula is C18H25N3O4. The normalized spacial score (nSPS) is 11.1. The first-order chi connectivity index (χ1) is 11.8. The SMILES string of the molecule is COc1cc(OC)c(C(=O)NCc2cc(C(C)(C)C)n[nH]2)cc1OC. The zero-order valence-corrected chi connectivity index (χ0v) is 15.5. The molecule has 7 heteroatoms. The van der Waals surface area contributed by atoms with Crippen LogP contribution in [0.25, 0.3) is 0 Å². The minimum atomic E-state index is -0.273. The molecule has 1 amide bonds. The molecular weight excluding hydrogens is 322 g/mol. The number of carbonyl (C=O) groups is 1. The molecule has 0 aliphatic heterocycles. The molecule has 1 aromatic heterocycles. The van der Waals surface area contributed by atoms with Crippen molar-refractivity contribution >= 4 is 5.91 Å². The van der Waals surface area contributed by atoms with Crippen molar-refractivity contribution < 1.29 is 19.0 Å². The van der Waals surface area contributed by atoms with Crippen LogP contribution in [0.15, 0.2) is 18.2 Å². The van der Waals surface area contributed by atoms with Gasteiger partial charge in [0.2, 0.25) is 0 Å². The first kappa shape index (κ1) is 18.6. The van der Waals surface area contributed by atoms with Crippen LogP contribution in [0, 0.1) is 0 Å².